The Hall–Kier alpha value is -2.48. The maximum absolute atomic E-state index is 4.84. The van der Waals surface area contributed by atoms with Crippen molar-refractivity contribution >= 4 is 11.5 Å². The highest BCUT2D eigenvalue weighted by Crippen LogP contribution is 2.35. The number of likely N-dealkylation sites (N-methyl/N-ethyl adjacent to an activating group) is 1. The van der Waals surface area contributed by atoms with Crippen LogP contribution in [0, 0.1) is 0 Å². The predicted octanol–water partition coefficient (Wildman–Crippen LogP) is 1.49. The van der Waals surface area contributed by atoms with Crippen LogP contribution in [0.15, 0.2) is 24.5 Å². The van der Waals surface area contributed by atoms with Gasteiger partial charge in [0.05, 0.1) is 0 Å². The maximum atomic E-state index is 4.84. The van der Waals surface area contributed by atoms with Gasteiger partial charge in [0.15, 0.2) is 11.5 Å². The first-order valence-corrected chi connectivity index (χ1v) is 9.83. The molecule has 4 heterocycles. The quantitative estimate of drug-likeness (QED) is 0.658. The van der Waals surface area contributed by atoms with Gasteiger partial charge in [-0.3, -0.25) is 4.90 Å². The molecule has 3 aromatic rings. The monoisotopic (exact) mass is 366 g/mol. The molecular weight excluding hydrogens is 340 g/mol. The fourth-order valence-corrected chi connectivity index (χ4v) is 3.90. The summed E-state index contributed by atoms with van der Waals surface area (Å²) in [5, 5.41) is 13.5. The van der Waals surface area contributed by atoms with E-state index in [-0.39, 0.29) is 0 Å². The SMILES string of the molecule is CN(CCc1nccn1C)C1CN(c2ccc3nnc(C4CCC4)n3n2)C1. The van der Waals surface area contributed by atoms with E-state index in [0.717, 1.165) is 49.2 Å². The van der Waals surface area contributed by atoms with Gasteiger partial charge in [0.2, 0.25) is 0 Å². The van der Waals surface area contributed by atoms with Gasteiger partial charge in [-0.15, -0.1) is 15.3 Å². The normalized spacial score (nSPS) is 18.3. The third-order valence-electron chi connectivity index (χ3n) is 6.16. The average Bonchev–Trinajstić information content (AvgIpc) is 3.17. The third-order valence-corrected chi connectivity index (χ3v) is 6.16. The van der Waals surface area contributed by atoms with Crippen molar-refractivity contribution in [3.8, 4) is 0 Å². The van der Waals surface area contributed by atoms with Crippen LogP contribution in [0.1, 0.15) is 36.8 Å². The summed E-state index contributed by atoms with van der Waals surface area (Å²) in [6, 6.07) is 4.67. The molecule has 0 N–H and O–H groups in total. The molecule has 8 nitrogen and oxygen atoms in total. The minimum atomic E-state index is 0.532. The molecule has 0 atom stereocenters. The molecule has 1 aliphatic heterocycles. The second-order valence-electron chi connectivity index (χ2n) is 7.89. The number of hydrogen-bond donors (Lipinski definition) is 0. The standard InChI is InChI=1S/C19H26N8/c1-24(10-8-16-20-9-11-25(16)2)15-12-26(13-15)18-7-6-17-21-22-19(27(17)23-18)14-4-3-5-14/h6-7,9,11,14-15H,3-5,8,10,12-13H2,1-2H3. The van der Waals surface area contributed by atoms with Crippen LogP contribution in [0.4, 0.5) is 5.82 Å². The molecule has 0 amide bonds. The molecule has 3 aromatic heterocycles. The van der Waals surface area contributed by atoms with Crippen molar-refractivity contribution in [3.63, 3.8) is 0 Å². The van der Waals surface area contributed by atoms with Crippen molar-refractivity contribution in [2.24, 2.45) is 7.05 Å². The Morgan fingerprint density at radius 3 is 2.74 bits per heavy atom. The fourth-order valence-electron chi connectivity index (χ4n) is 3.90. The van der Waals surface area contributed by atoms with Crippen molar-refractivity contribution in [2.45, 2.75) is 37.6 Å². The molecule has 142 valence electrons. The van der Waals surface area contributed by atoms with E-state index in [1.807, 2.05) is 23.0 Å². The molecule has 0 bridgehead atoms. The van der Waals surface area contributed by atoms with E-state index in [1.54, 1.807) is 0 Å². The second-order valence-corrected chi connectivity index (χ2v) is 7.89. The van der Waals surface area contributed by atoms with E-state index >= 15 is 0 Å². The molecular formula is C19H26N8. The first-order chi connectivity index (χ1) is 13.2. The maximum Gasteiger partial charge on any atom is 0.178 e. The minimum Gasteiger partial charge on any atom is -0.352 e. The van der Waals surface area contributed by atoms with E-state index in [0.29, 0.717) is 12.0 Å². The van der Waals surface area contributed by atoms with Crippen LogP contribution in [0.25, 0.3) is 5.65 Å². The largest absolute Gasteiger partial charge is 0.352 e. The molecule has 27 heavy (non-hydrogen) atoms. The highest BCUT2D eigenvalue weighted by molar-refractivity contribution is 5.48. The first-order valence-electron chi connectivity index (χ1n) is 9.83. The Morgan fingerprint density at radius 2 is 2.04 bits per heavy atom. The molecule has 5 rings (SSSR count). The van der Waals surface area contributed by atoms with Crippen molar-refractivity contribution in [3.05, 3.63) is 36.2 Å². The van der Waals surface area contributed by atoms with Gasteiger partial charge in [-0.05, 0) is 32.0 Å². The Balaban J connectivity index is 1.22. The minimum absolute atomic E-state index is 0.532. The summed E-state index contributed by atoms with van der Waals surface area (Å²) in [6.45, 7) is 3.04. The van der Waals surface area contributed by atoms with Crippen molar-refractivity contribution < 1.29 is 0 Å². The van der Waals surface area contributed by atoms with Crippen LogP contribution >= 0.6 is 0 Å². The molecule has 0 aromatic carbocycles. The Kier molecular flexibility index (Phi) is 4.07. The van der Waals surface area contributed by atoms with Crippen LogP contribution in [-0.4, -0.2) is 67.0 Å². The molecule has 0 unspecified atom stereocenters. The molecule has 2 fully saturated rings. The lowest BCUT2D eigenvalue weighted by atomic mass is 9.85. The predicted molar refractivity (Wildman–Crippen MR) is 103 cm³/mol. The van der Waals surface area contributed by atoms with E-state index in [9.17, 15) is 0 Å². The molecule has 1 aliphatic carbocycles. The number of fused-ring (bicyclic) bond motifs is 1. The number of hydrogen-bond acceptors (Lipinski definition) is 6. The van der Waals surface area contributed by atoms with E-state index in [2.05, 4.69) is 49.7 Å². The topological polar surface area (TPSA) is 67.4 Å². The summed E-state index contributed by atoms with van der Waals surface area (Å²) < 4.78 is 4.05. The molecule has 8 heteroatoms. The first kappa shape index (κ1) is 16.7. The van der Waals surface area contributed by atoms with Gasteiger partial charge in [0.25, 0.3) is 0 Å². The van der Waals surface area contributed by atoms with Gasteiger partial charge < -0.3 is 9.47 Å². The molecule has 1 saturated carbocycles. The Morgan fingerprint density at radius 1 is 1.19 bits per heavy atom. The van der Waals surface area contributed by atoms with Gasteiger partial charge in [-0.2, -0.15) is 4.52 Å². The zero-order valence-corrected chi connectivity index (χ0v) is 16.0. The summed E-state index contributed by atoms with van der Waals surface area (Å²) in [4.78, 5) is 9.18. The number of rotatable bonds is 6. The Bertz CT molecular complexity index is 934. The highest BCUT2D eigenvalue weighted by atomic mass is 15.4. The van der Waals surface area contributed by atoms with Gasteiger partial charge in [0.1, 0.15) is 11.6 Å². The zero-order valence-electron chi connectivity index (χ0n) is 16.0. The summed E-state index contributed by atoms with van der Waals surface area (Å²) >= 11 is 0. The highest BCUT2D eigenvalue weighted by Gasteiger charge is 2.32. The summed E-state index contributed by atoms with van der Waals surface area (Å²) in [6.07, 6.45) is 8.55. The summed E-state index contributed by atoms with van der Waals surface area (Å²) in [5.74, 6) is 3.73. The van der Waals surface area contributed by atoms with Crippen LogP contribution in [0.5, 0.6) is 0 Å². The van der Waals surface area contributed by atoms with E-state index in [4.69, 9.17) is 5.10 Å². The lowest BCUT2D eigenvalue weighted by Gasteiger charge is -2.44. The van der Waals surface area contributed by atoms with Crippen LogP contribution < -0.4 is 4.90 Å². The molecule has 0 radical (unpaired) electrons. The van der Waals surface area contributed by atoms with Gasteiger partial charge in [0, 0.05) is 57.5 Å². The second kappa shape index (κ2) is 6.60. The van der Waals surface area contributed by atoms with Gasteiger partial charge in [-0.25, -0.2) is 4.98 Å². The molecule has 2 aliphatic rings. The smallest absolute Gasteiger partial charge is 0.178 e. The third kappa shape index (κ3) is 2.97. The van der Waals surface area contributed by atoms with Crippen molar-refractivity contribution in [1.29, 1.82) is 0 Å². The Labute approximate surface area is 158 Å². The van der Waals surface area contributed by atoms with Gasteiger partial charge >= 0.3 is 0 Å². The average molecular weight is 366 g/mol. The number of anilines is 1. The summed E-state index contributed by atoms with van der Waals surface area (Å²) in [7, 11) is 4.26. The number of aromatic nitrogens is 6. The zero-order chi connectivity index (χ0) is 18.4. The van der Waals surface area contributed by atoms with Crippen LogP contribution in [0.2, 0.25) is 0 Å². The van der Waals surface area contributed by atoms with E-state index < -0.39 is 0 Å². The summed E-state index contributed by atoms with van der Waals surface area (Å²) in [5.41, 5.74) is 0.852. The number of imidazole rings is 1. The molecule has 0 spiro atoms. The van der Waals surface area contributed by atoms with Gasteiger partial charge in [-0.1, -0.05) is 6.42 Å². The van der Waals surface area contributed by atoms with Crippen LogP contribution in [0.3, 0.4) is 0 Å². The van der Waals surface area contributed by atoms with Crippen molar-refractivity contribution in [1.82, 2.24) is 34.3 Å². The van der Waals surface area contributed by atoms with Crippen molar-refractivity contribution in [2.75, 3.05) is 31.6 Å². The number of nitrogens with zero attached hydrogens (tertiary/aromatic N) is 8. The van der Waals surface area contributed by atoms with Crippen LogP contribution in [-0.2, 0) is 13.5 Å². The fraction of sp³-hybridized carbons (Fsp3) is 0.579. The van der Waals surface area contributed by atoms with E-state index in [1.165, 1.54) is 19.3 Å². The lowest BCUT2D eigenvalue weighted by Crippen LogP contribution is -2.59. The lowest BCUT2D eigenvalue weighted by molar-refractivity contribution is 0.205. The number of aryl methyl sites for hydroxylation is 1. The molecule has 1 saturated heterocycles.